The molecule has 9 heteroatoms. The van der Waals surface area contributed by atoms with Gasteiger partial charge in [0.15, 0.2) is 0 Å². The first kappa shape index (κ1) is 20.2. The maximum Gasteiger partial charge on any atom is 0.321 e. The van der Waals surface area contributed by atoms with Gasteiger partial charge in [0.2, 0.25) is 5.91 Å². The van der Waals surface area contributed by atoms with Crippen LogP contribution >= 0.6 is 23.1 Å². The van der Waals surface area contributed by atoms with Gasteiger partial charge in [-0.2, -0.15) is 0 Å². The number of fused-ring (bicyclic) bond motifs is 1. The zero-order valence-electron chi connectivity index (χ0n) is 15.4. The number of carbonyl (C=O) groups excluding carboxylic acids is 2. The number of imide groups is 1. The van der Waals surface area contributed by atoms with Gasteiger partial charge in [-0.05, 0) is 37.1 Å². The van der Waals surface area contributed by atoms with Crippen LogP contribution < -0.4 is 10.6 Å². The molecule has 3 rings (SSSR count). The zero-order chi connectivity index (χ0) is 20.1. The Morgan fingerprint density at radius 1 is 1.25 bits per heavy atom. The summed E-state index contributed by atoms with van der Waals surface area (Å²) in [6, 6.07) is 7.66. The molecule has 0 aliphatic heterocycles. The van der Waals surface area contributed by atoms with Crippen molar-refractivity contribution in [2.24, 2.45) is 0 Å². The van der Waals surface area contributed by atoms with E-state index in [1.165, 1.54) is 41.6 Å². The van der Waals surface area contributed by atoms with Gasteiger partial charge < -0.3 is 5.32 Å². The molecule has 0 saturated heterocycles. The fourth-order valence-electron chi connectivity index (χ4n) is 2.35. The van der Waals surface area contributed by atoms with Crippen LogP contribution in [0.1, 0.15) is 20.3 Å². The Bertz CT molecular complexity index is 991. The minimum Gasteiger partial charge on any atom is -0.335 e. The van der Waals surface area contributed by atoms with Gasteiger partial charge in [-0.25, -0.2) is 19.2 Å². The van der Waals surface area contributed by atoms with Gasteiger partial charge in [0.1, 0.15) is 17.2 Å². The van der Waals surface area contributed by atoms with Crippen LogP contribution in [0.25, 0.3) is 20.7 Å². The second kappa shape index (κ2) is 9.11. The third-order valence-electron chi connectivity index (χ3n) is 3.99. The second-order valence-electron chi connectivity index (χ2n) is 6.13. The molecule has 0 aliphatic rings. The van der Waals surface area contributed by atoms with E-state index < -0.39 is 11.9 Å². The number of amides is 3. The molecule has 0 saturated carbocycles. The molecular formula is C19H19FN4O2S2. The molecule has 0 radical (unpaired) electrons. The number of hydrogen-bond donors (Lipinski definition) is 2. The molecule has 0 bridgehead atoms. The number of hydrogen-bond acceptors (Lipinski definition) is 6. The number of nitrogens with one attached hydrogen (secondary N) is 2. The van der Waals surface area contributed by atoms with E-state index in [1.807, 2.05) is 19.9 Å². The Balaban J connectivity index is 1.69. The summed E-state index contributed by atoms with van der Waals surface area (Å²) in [6.45, 7) is 3.82. The lowest BCUT2D eigenvalue weighted by atomic mass is 10.2. The Labute approximate surface area is 170 Å². The number of nitrogens with zero attached hydrogens (tertiary/aromatic N) is 2. The van der Waals surface area contributed by atoms with Crippen molar-refractivity contribution in [2.45, 2.75) is 31.3 Å². The van der Waals surface area contributed by atoms with Gasteiger partial charge in [-0.15, -0.1) is 11.3 Å². The highest BCUT2D eigenvalue weighted by Crippen LogP contribution is 2.36. The molecule has 0 fully saturated rings. The SMILES string of the molecule is CC[C@H](C)NC(=O)NC(=O)CSc1ncnc2cc(-c3ccc(F)cc3)sc12. The fraction of sp³-hybridized carbons (Fsp3) is 0.263. The predicted octanol–water partition coefficient (Wildman–Crippen LogP) is 4.21. The highest BCUT2D eigenvalue weighted by atomic mass is 32.2. The smallest absolute Gasteiger partial charge is 0.321 e. The lowest BCUT2D eigenvalue weighted by Crippen LogP contribution is -2.43. The molecule has 3 aromatic rings. The van der Waals surface area contributed by atoms with Gasteiger partial charge in [-0.3, -0.25) is 10.1 Å². The number of benzene rings is 1. The Hall–Kier alpha value is -2.52. The van der Waals surface area contributed by atoms with E-state index in [2.05, 4.69) is 20.6 Å². The normalized spacial score (nSPS) is 12.0. The van der Waals surface area contributed by atoms with Crippen molar-refractivity contribution in [1.82, 2.24) is 20.6 Å². The topological polar surface area (TPSA) is 84.0 Å². The first-order valence-electron chi connectivity index (χ1n) is 8.70. The minimum atomic E-state index is -0.498. The van der Waals surface area contributed by atoms with Crippen molar-refractivity contribution in [3.63, 3.8) is 0 Å². The second-order valence-corrected chi connectivity index (χ2v) is 8.15. The van der Waals surface area contributed by atoms with Crippen molar-refractivity contribution < 1.29 is 14.0 Å². The summed E-state index contributed by atoms with van der Waals surface area (Å²) in [6.07, 6.45) is 2.23. The summed E-state index contributed by atoms with van der Waals surface area (Å²) in [7, 11) is 0. The summed E-state index contributed by atoms with van der Waals surface area (Å²) in [4.78, 5) is 33.2. The number of urea groups is 1. The van der Waals surface area contributed by atoms with Crippen molar-refractivity contribution in [3.8, 4) is 10.4 Å². The molecule has 0 aliphatic carbocycles. The number of thiophene rings is 1. The summed E-state index contributed by atoms with van der Waals surface area (Å²) in [5.41, 5.74) is 1.65. The third-order valence-corrected chi connectivity index (χ3v) is 6.29. The molecule has 2 N–H and O–H groups in total. The average molecular weight is 419 g/mol. The standard InChI is InChI=1S/C19H19FN4O2S2/c1-3-11(2)23-19(26)24-16(25)9-27-18-17-14(21-10-22-18)8-15(28-17)12-4-6-13(20)7-5-12/h4-8,10-11H,3,9H2,1-2H3,(H2,23,24,25,26)/t11-/m0/s1. The molecule has 6 nitrogen and oxygen atoms in total. The van der Waals surface area contributed by atoms with Crippen molar-refractivity contribution in [2.75, 3.05) is 5.75 Å². The van der Waals surface area contributed by atoms with E-state index in [-0.39, 0.29) is 17.6 Å². The average Bonchev–Trinajstić information content (AvgIpc) is 3.11. The van der Waals surface area contributed by atoms with Crippen molar-refractivity contribution in [3.05, 3.63) is 42.5 Å². The van der Waals surface area contributed by atoms with E-state index in [0.717, 1.165) is 27.1 Å². The first-order chi connectivity index (χ1) is 13.5. The van der Waals surface area contributed by atoms with Gasteiger partial charge in [-0.1, -0.05) is 30.8 Å². The van der Waals surface area contributed by atoms with Crippen LogP contribution in [0.15, 0.2) is 41.7 Å². The molecule has 1 atom stereocenters. The number of rotatable bonds is 6. The molecule has 2 aromatic heterocycles. The minimum absolute atomic E-state index is 0.00190. The Morgan fingerprint density at radius 2 is 2.00 bits per heavy atom. The van der Waals surface area contributed by atoms with Crippen LogP contribution in [0.3, 0.4) is 0 Å². The van der Waals surface area contributed by atoms with E-state index in [1.54, 1.807) is 12.1 Å². The number of carbonyl (C=O) groups is 2. The first-order valence-corrected chi connectivity index (χ1v) is 10.5. The van der Waals surface area contributed by atoms with E-state index in [4.69, 9.17) is 0 Å². The van der Waals surface area contributed by atoms with Crippen molar-refractivity contribution >= 4 is 45.3 Å². The van der Waals surface area contributed by atoms with E-state index in [9.17, 15) is 14.0 Å². The number of aromatic nitrogens is 2. The lowest BCUT2D eigenvalue weighted by molar-refractivity contribution is -0.117. The molecule has 28 heavy (non-hydrogen) atoms. The molecule has 0 unspecified atom stereocenters. The Kier molecular flexibility index (Phi) is 6.58. The highest BCUT2D eigenvalue weighted by Gasteiger charge is 2.14. The van der Waals surface area contributed by atoms with Gasteiger partial charge in [0, 0.05) is 10.9 Å². The van der Waals surface area contributed by atoms with Crippen LogP contribution in [-0.4, -0.2) is 33.7 Å². The van der Waals surface area contributed by atoms with Crippen LogP contribution in [-0.2, 0) is 4.79 Å². The third kappa shape index (κ3) is 5.05. The molecular weight excluding hydrogens is 399 g/mol. The summed E-state index contributed by atoms with van der Waals surface area (Å²) >= 11 is 2.72. The summed E-state index contributed by atoms with van der Waals surface area (Å²) in [5.74, 6) is -0.624. The summed E-state index contributed by atoms with van der Waals surface area (Å²) < 4.78 is 14.0. The summed E-state index contributed by atoms with van der Waals surface area (Å²) in [5, 5.41) is 5.67. The molecule has 2 heterocycles. The maximum atomic E-state index is 13.1. The fourth-order valence-corrected chi connectivity index (χ4v) is 4.35. The molecule has 3 amide bonds. The van der Waals surface area contributed by atoms with Gasteiger partial charge >= 0.3 is 6.03 Å². The maximum absolute atomic E-state index is 13.1. The zero-order valence-corrected chi connectivity index (χ0v) is 17.0. The predicted molar refractivity (Wildman–Crippen MR) is 110 cm³/mol. The van der Waals surface area contributed by atoms with Crippen LogP contribution in [0.5, 0.6) is 0 Å². The van der Waals surface area contributed by atoms with Crippen LogP contribution in [0, 0.1) is 5.82 Å². The van der Waals surface area contributed by atoms with E-state index in [0.29, 0.717) is 5.03 Å². The molecule has 1 aromatic carbocycles. The lowest BCUT2D eigenvalue weighted by Gasteiger charge is -2.11. The molecule has 0 spiro atoms. The molecule has 146 valence electrons. The van der Waals surface area contributed by atoms with Gasteiger partial charge in [0.05, 0.1) is 16.0 Å². The quantitative estimate of drug-likeness (QED) is 0.463. The van der Waals surface area contributed by atoms with Crippen LogP contribution in [0.4, 0.5) is 9.18 Å². The largest absolute Gasteiger partial charge is 0.335 e. The number of thioether (sulfide) groups is 1. The monoisotopic (exact) mass is 418 g/mol. The Morgan fingerprint density at radius 3 is 2.71 bits per heavy atom. The van der Waals surface area contributed by atoms with Crippen molar-refractivity contribution in [1.29, 1.82) is 0 Å². The van der Waals surface area contributed by atoms with Crippen LogP contribution in [0.2, 0.25) is 0 Å². The number of halogens is 1. The highest BCUT2D eigenvalue weighted by molar-refractivity contribution is 8.00. The van der Waals surface area contributed by atoms with E-state index >= 15 is 0 Å². The van der Waals surface area contributed by atoms with Gasteiger partial charge in [0.25, 0.3) is 0 Å².